The standard InChI is InChI=1S/C23H25N3O3/c1-4-19-10-6-7-11-20(19)16-26(21-12-8-5-9-17(21)2)23(29)13-14-24-22(28)15-25-18(3)27/h1,5-12H,13-16H2,2-3H3,(H,24,28)(H,25,27). The summed E-state index contributed by atoms with van der Waals surface area (Å²) in [5.74, 6) is 1.90. The summed E-state index contributed by atoms with van der Waals surface area (Å²) in [6.07, 6.45) is 5.73. The lowest BCUT2D eigenvalue weighted by molar-refractivity contribution is -0.125. The van der Waals surface area contributed by atoms with Gasteiger partial charge in [0.25, 0.3) is 0 Å². The van der Waals surface area contributed by atoms with E-state index >= 15 is 0 Å². The molecule has 6 nitrogen and oxygen atoms in total. The predicted octanol–water partition coefficient (Wildman–Crippen LogP) is 2.15. The van der Waals surface area contributed by atoms with Gasteiger partial charge in [-0.1, -0.05) is 42.3 Å². The number of carbonyl (C=O) groups excluding carboxylic acids is 3. The van der Waals surface area contributed by atoms with Crippen molar-refractivity contribution in [2.45, 2.75) is 26.8 Å². The highest BCUT2D eigenvalue weighted by Crippen LogP contribution is 2.23. The number of rotatable bonds is 8. The summed E-state index contributed by atoms with van der Waals surface area (Å²) in [6.45, 7) is 3.68. The third-order valence-electron chi connectivity index (χ3n) is 4.37. The molecule has 2 N–H and O–H groups in total. The maximum absolute atomic E-state index is 13.0. The Morgan fingerprint density at radius 2 is 1.72 bits per heavy atom. The Balaban J connectivity index is 2.12. The van der Waals surface area contributed by atoms with Crippen LogP contribution in [-0.4, -0.2) is 30.8 Å². The first-order chi connectivity index (χ1) is 13.9. The molecule has 29 heavy (non-hydrogen) atoms. The van der Waals surface area contributed by atoms with E-state index in [2.05, 4.69) is 16.6 Å². The van der Waals surface area contributed by atoms with Crippen molar-refractivity contribution in [2.75, 3.05) is 18.0 Å². The van der Waals surface area contributed by atoms with Crippen molar-refractivity contribution in [3.8, 4) is 12.3 Å². The number of hydrogen-bond acceptors (Lipinski definition) is 3. The molecule has 0 aliphatic carbocycles. The van der Waals surface area contributed by atoms with Gasteiger partial charge in [0.05, 0.1) is 13.1 Å². The summed E-state index contributed by atoms with van der Waals surface area (Å²) < 4.78 is 0. The molecule has 6 heteroatoms. The predicted molar refractivity (Wildman–Crippen MR) is 113 cm³/mol. The fourth-order valence-electron chi connectivity index (χ4n) is 2.85. The Bertz CT molecular complexity index is 931. The van der Waals surface area contributed by atoms with Gasteiger partial charge in [0.1, 0.15) is 0 Å². The smallest absolute Gasteiger partial charge is 0.239 e. The van der Waals surface area contributed by atoms with E-state index in [1.54, 1.807) is 4.90 Å². The summed E-state index contributed by atoms with van der Waals surface area (Å²) in [5.41, 5.74) is 3.38. The quantitative estimate of drug-likeness (QED) is 0.677. The minimum atomic E-state index is -0.340. The second-order valence-corrected chi connectivity index (χ2v) is 6.58. The number of amides is 3. The van der Waals surface area contributed by atoms with E-state index in [0.29, 0.717) is 6.54 Å². The van der Waals surface area contributed by atoms with Crippen LogP contribution in [0.5, 0.6) is 0 Å². The minimum absolute atomic E-state index is 0.111. The number of hydrogen-bond donors (Lipinski definition) is 2. The zero-order valence-electron chi connectivity index (χ0n) is 16.7. The van der Waals surface area contributed by atoms with Crippen molar-refractivity contribution in [3.63, 3.8) is 0 Å². The Labute approximate surface area is 171 Å². The van der Waals surface area contributed by atoms with Gasteiger partial charge in [-0.15, -0.1) is 6.42 Å². The van der Waals surface area contributed by atoms with Crippen molar-refractivity contribution >= 4 is 23.4 Å². The van der Waals surface area contributed by atoms with Crippen LogP contribution in [0.3, 0.4) is 0 Å². The lowest BCUT2D eigenvalue weighted by Gasteiger charge is -2.25. The van der Waals surface area contributed by atoms with Gasteiger partial charge in [0.2, 0.25) is 17.7 Å². The van der Waals surface area contributed by atoms with Gasteiger partial charge in [-0.2, -0.15) is 0 Å². The lowest BCUT2D eigenvalue weighted by Crippen LogP contribution is -2.38. The molecule has 0 saturated carbocycles. The summed E-state index contributed by atoms with van der Waals surface area (Å²) in [6, 6.07) is 15.1. The van der Waals surface area contributed by atoms with E-state index < -0.39 is 0 Å². The minimum Gasteiger partial charge on any atom is -0.354 e. The molecule has 0 unspecified atom stereocenters. The van der Waals surface area contributed by atoms with E-state index in [1.165, 1.54) is 6.92 Å². The molecular weight excluding hydrogens is 366 g/mol. The third kappa shape index (κ3) is 6.51. The monoisotopic (exact) mass is 391 g/mol. The molecule has 0 heterocycles. The first-order valence-corrected chi connectivity index (χ1v) is 9.34. The lowest BCUT2D eigenvalue weighted by atomic mass is 10.1. The third-order valence-corrected chi connectivity index (χ3v) is 4.37. The molecule has 0 aliphatic rings. The van der Waals surface area contributed by atoms with Gasteiger partial charge < -0.3 is 15.5 Å². The molecule has 0 atom stereocenters. The second-order valence-electron chi connectivity index (χ2n) is 6.58. The van der Waals surface area contributed by atoms with E-state index in [0.717, 1.165) is 22.4 Å². The van der Waals surface area contributed by atoms with E-state index in [9.17, 15) is 14.4 Å². The maximum atomic E-state index is 13.0. The van der Waals surface area contributed by atoms with Gasteiger partial charge in [-0.3, -0.25) is 14.4 Å². The number of benzene rings is 2. The van der Waals surface area contributed by atoms with Crippen LogP contribution in [0.2, 0.25) is 0 Å². The van der Waals surface area contributed by atoms with Gasteiger partial charge in [0, 0.05) is 31.1 Å². The number of para-hydroxylation sites is 1. The molecule has 2 aromatic carbocycles. The molecule has 0 aromatic heterocycles. The van der Waals surface area contributed by atoms with Crippen LogP contribution in [0.1, 0.15) is 30.0 Å². The van der Waals surface area contributed by atoms with Gasteiger partial charge >= 0.3 is 0 Å². The van der Waals surface area contributed by atoms with Crippen LogP contribution in [0, 0.1) is 19.3 Å². The summed E-state index contributed by atoms with van der Waals surface area (Å²) in [4.78, 5) is 37.3. The van der Waals surface area contributed by atoms with Crippen LogP contribution >= 0.6 is 0 Å². The largest absolute Gasteiger partial charge is 0.354 e. The van der Waals surface area contributed by atoms with Crippen LogP contribution in [0.4, 0.5) is 5.69 Å². The van der Waals surface area contributed by atoms with Crippen molar-refractivity contribution < 1.29 is 14.4 Å². The molecular formula is C23H25N3O3. The van der Waals surface area contributed by atoms with Crippen molar-refractivity contribution in [1.82, 2.24) is 10.6 Å². The molecule has 0 radical (unpaired) electrons. The number of nitrogens with zero attached hydrogens (tertiary/aromatic N) is 1. The van der Waals surface area contributed by atoms with Crippen molar-refractivity contribution in [1.29, 1.82) is 0 Å². The normalized spacial score (nSPS) is 9.97. The average Bonchev–Trinajstić information content (AvgIpc) is 2.71. The SMILES string of the molecule is C#Cc1ccccc1CN(C(=O)CCNC(=O)CNC(C)=O)c1ccccc1C. The van der Waals surface area contributed by atoms with E-state index in [-0.39, 0.29) is 37.2 Å². The number of aryl methyl sites for hydroxylation is 1. The number of carbonyl (C=O) groups is 3. The second kappa shape index (κ2) is 10.7. The van der Waals surface area contributed by atoms with Crippen molar-refractivity contribution in [2.24, 2.45) is 0 Å². The first kappa shape index (κ1) is 21.7. The summed E-state index contributed by atoms with van der Waals surface area (Å²) >= 11 is 0. The molecule has 2 aromatic rings. The fraction of sp³-hybridized carbons (Fsp3) is 0.261. The average molecular weight is 391 g/mol. The molecule has 0 saturated heterocycles. The zero-order valence-corrected chi connectivity index (χ0v) is 16.7. The maximum Gasteiger partial charge on any atom is 0.239 e. The summed E-state index contributed by atoms with van der Waals surface area (Å²) in [7, 11) is 0. The van der Waals surface area contributed by atoms with Crippen LogP contribution in [-0.2, 0) is 20.9 Å². The van der Waals surface area contributed by atoms with Gasteiger partial charge in [-0.05, 0) is 30.2 Å². The molecule has 150 valence electrons. The summed E-state index contributed by atoms with van der Waals surface area (Å²) in [5, 5.41) is 5.06. The van der Waals surface area contributed by atoms with Crippen LogP contribution < -0.4 is 15.5 Å². The zero-order chi connectivity index (χ0) is 21.2. The van der Waals surface area contributed by atoms with Crippen LogP contribution in [0.15, 0.2) is 48.5 Å². The Hall–Kier alpha value is -3.59. The molecule has 0 aliphatic heterocycles. The number of terminal acetylenes is 1. The van der Waals surface area contributed by atoms with E-state index in [4.69, 9.17) is 6.42 Å². The Kier molecular flexibility index (Phi) is 7.99. The first-order valence-electron chi connectivity index (χ1n) is 9.34. The Morgan fingerprint density at radius 1 is 1.03 bits per heavy atom. The highest BCUT2D eigenvalue weighted by molar-refractivity contribution is 5.94. The molecule has 2 rings (SSSR count). The van der Waals surface area contributed by atoms with E-state index in [1.807, 2.05) is 55.5 Å². The van der Waals surface area contributed by atoms with Crippen LogP contribution in [0.25, 0.3) is 0 Å². The molecule has 3 amide bonds. The Morgan fingerprint density at radius 3 is 2.41 bits per heavy atom. The highest BCUT2D eigenvalue weighted by atomic mass is 16.2. The van der Waals surface area contributed by atoms with Gasteiger partial charge in [-0.25, -0.2) is 0 Å². The fourth-order valence-corrected chi connectivity index (χ4v) is 2.85. The number of nitrogens with one attached hydrogen (secondary N) is 2. The van der Waals surface area contributed by atoms with Crippen molar-refractivity contribution in [3.05, 3.63) is 65.2 Å². The molecule has 0 spiro atoms. The highest BCUT2D eigenvalue weighted by Gasteiger charge is 2.19. The molecule has 0 fully saturated rings. The topological polar surface area (TPSA) is 78.5 Å². The molecule has 0 bridgehead atoms. The van der Waals surface area contributed by atoms with Gasteiger partial charge in [0.15, 0.2) is 0 Å². The number of anilines is 1.